The van der Waals surface area contributed by atoms with E-state index in [-0.39, 0.29) is 17.9 Å². The minimum absolute atomic E-state index is 0.0429. The second kappa shape index (κ2) is 11.9. The first-order valence-electron chi connectivity index (χ1n) is 13.3. The van der Waals surface area contributed by atoms with Crippen molar-refractivity contribution >= 4 is 33.5 Å². The van der Waals surface area contributed by atoms with E-state index in [4.69, 9.17) is 4.74 Å². The number of fused-ring (bicyclic) bond motifs is 2. The van der Waals surface area contributed by atoms with Gasteiger partial charge in [-0.25, -0.2) is 4.98 Å². The summed E-state index contributed by atoms with van der Waals surface area (Å²) in [6.07, 6.45) is 5.53. The number of carbonyl (C=O) groups is 2. The van der Waals surface area contributed by atoms with Gasteiger partial charge in [-0.1, -0.05) is 49.2 Å². The standard InChI is InChI=1S/C31H33N5O3/c1-32-29(37)11-5-3-4-10-26(36-31(38)27-18-23-17-24(39-2)14-15-25(23)34-27)30-33-19-28(35-30)22-13-12-20-8-6-7-9-21(20)16-22/h6-9,12-19,26,34H,3-5,10-11H2,1-2H3,(H,32,37)(H,33,35)(H,36,38)/t26-/m0/s1. The SMILES string of the molecule is CNC(=O)CCCCC[C@H](NC(=O)c1cc2cc(OC)ccc2[nH]1)c1ncc(-c2ccc3ccccc3c2)[nH]1. The van der Waals surface area contributed by atoms with E-state index >= 15 is 0 Å². The normalized spacial score (nSPS) is 11.9. The van der Waals surface area contributed by atoms with E-state index in [0.29, 0.717) is 24.4 Å². The monoisotopic (exact) mass is 523 g/mol. The smallest absolute Gasteiger partial charge is 0.268 e. The van der Waals surface area contributed by atoms with Gasteiger partial charge in [0, 0.05) is 29.9 Å². The van der Waals surface area contributed by atoms with Crippen molar-refractivity contribution in [1.29, 1.82) is 0 Å². The molecule has 2 amide bonds. The number of nitrogens with one attached hydrogen (secondary N) is 4. The van der Waals surface area contributed by atoms with E-state index in [1.807, 2.05) is 42.6 Å². The highest BCUT2D eigenvalue weighted by atomic mass is 16.5. The van der Waals surface area contributed by atoms with Crippen LogP contribution in [0.15, 0.2) is 72.9 Å². The van der Waals surface area contributed by atoms with Crippen molar-refractivity contribution in [2.45, 2.75) is 38.1 Å². The van der Waals surface area contributed by atoms with E-state index in [1.165, 1.54) is 5.39 Å². The van der Waals surface area contributed by atoms with Crippen molar-refractivity contribution in [1.82, 2.24) is 25.6 Å². The van der Waals surface area contributed by atoms with Crippen LogP contribution in [0.3, 0.4) is 0 Å². The largest absolute Gasteiger partial charge is 0.497 e. The van der Waals surface area contributed by atoms with Crippen LogP contribution >= 0.6 is 0 Å². The zero-order valence-corrected chi connectivity index (χ0v) is 22.2. The Bertz CT molecular complexity index is 1600. The van der Waals surface area contributed by atoms with Crippen molar-refractivity contribution in [3.63, 3.8) is 0 Å². The first kappa shape index (κ1) is 26.0. The summed E-state index contributed by atoms with van der Waals surface area (Å²) in [6.45, 7) is 0. The first-order valence-corrected chi connectivity index (χ1v) is 13.3. The van der Waals surface area contributed by atoms with Crippen LogP contribution < -0.4 is 15.4 Å². The van der Waals surface area contributed by atoms with E-state index in [2.05, 4.69) is 55.9 Å². The molecule has 39 heavy (non-hydrogen) atoms. The van der Waals surface area contributed by atoms with Gasteiger partial charge >= 0.3 is 0 Å². The molecular weight excluding hydrogens is 490 g/mol. The van der Waals surface area contributed by atoms with E-state index < -0.39 is 0 Å². The number of imidazole rings is 1. The molecule has 0 unspecified atom stereocenters. The Morgan fingerprint density at radius 2 is 1.77 bits per heavy atom. The van der Waals surface area contributed by atoms with Gasteiger partial charge in [-0.05, 0) is 53.9 Å². The van der Waals surface area contributed by atoms with Gasteiger partial charge in [0.15, 0.2) is 0 Å². The zero-order chi connectivity index (χ0) is 27.2. The number of amides is 2. The molecule has 0 spiro atoms. The highest BCUT2D eigenvalue weighted by molar-refractivity contribution is 5.98. The molecule has 0 saturated heterocycles. The average molecular weight is 524 g/mol. The van der Waals surface area contributed by atoms with E-state index in [0.717, 1.165) is 52.6 Å². The Morgan fingerprint density at radius 1 is 0.923 bits per heavy atom. The molecule has 5 aromatic rings. The predicted octanol–water partition coefficient (Wildman–Crippen LogP) is 5.89. The number of methoxy groups -OCH3 is 1. The summed E-state index contributed by atoms with van der Waals surface area (Å²) in [5.41, 5.74) is 3.27. The van der Waals surface area contributed by atoms with Gasteiger partial charge in [-0.3, -0.25) is 9.59 Å². The van der Waals surface area contributed by atoms with Crippen molar-refractivity contribution < 1.29 is 14.3 Å². The van der Waals surface area contributed by atoms with Crippen LogP contribution in [0.25, 0.3) is 32.9 Å². The summed E-state index contributed by atoms with van der Waals surface area (Å²) in [6, 6.07) is 21.7. The number of hydrogen-bond donors (Lipinski definition) is 4. The second-order valence-electron chi connectivity index (χ2n) is 9.68. The molecule has 1 atom stereocenters. The van der Waals surface area contributed by atoms with Crippen LogP contribution in [0.5, 0.6) is 5.75 Å². The molecule has 8 heteroatoms. The number of nitrogens with zero attached hydrogens (tertiary/aromatic N) is 1. The summed E-state index contributed by atoms with van der Waals surface area (Å²) < 4.78 is 5.31. The molecule has 8 nitrogen and oxygen atoms in total. The molecule has 0 bridgehead atoms. The third-order valence-electron chi connectivity index (χ3n) is 7.04. The lowest BCUT2D eigenvalue weighted by molar-refractivity contribution is -0.120. The lowest BCUT2D eigenvalue weighted by Gasteiger charge is -2.16. The van der Waals surface area contributed by atoms with Crippen LogP contribution in [-0.2, 0) is 4.79 Å². The fourth-order valence-electron chi connectivity index (χ4n) is 4.83. The third kappa shape index (κ3) is 6.12. The minimum Gasteiger partial charge on any atom is -0.497 e. The topological polar surface area (TPSA) is 112 Å². The van der Waals surface area contributed by atoms with Gasteiger partial charge in [0.2, 0.25) is 5.91 Å². The van der Waals surface area contributed by atoms with Gasteiger partial charge in [0.25, 0.3) is 5.91 Å². The maximum atomic E-state index is 13.3. The Hall–Kier alpha value is -4.59. The number of rotatable bonds is 11. The fourth-order valence-corrected chi connectivity index (χ4v) is 4.83. The Balaban J connectivity index is 1.35. The fraction of sp³-hybridized carbons (Fsp3) is 0.258. The number of hydrogen-bond acceptors (Lipinski definition) is 4. The van der Waals surface area contributed by atoms with Crippen LogP contribution in [0.4, 0.5) is 0 Å². The lowest BCUT2D eigenvalue weighted by atomic mass is 10.1. The number of H-pyrrole nitrogens is 2. The van der Waals surface area contributed by atoms with Crippen LogP contribution in [0.2, 0.25) is 0 Å². The van der Waals surface area contributed by atoms with E-state index in [9.17, 15) is 9.59 Å². The van der Waals surface area contributed by atoms with Gasteiger partial charge in [0.05, 0.1) is 25.0 Å². The molecule has 0 aliphatic heterocycles. The van der Waals surface area contributed by atoms with Crippen molar-refractivity contribution in [3.05, 3.63) is 84.4 Å². The molecule has 200 valence electrons. The average Bonchev–Trinajstić information content (AvgIpc) is 3.63. The highest BCUT2D eigenvalue weighted by Gasteiger charge is 2.20. The Morgan fingerprint density at radius 3 is 2.59 bits per heavy atom. The van der Waals surface area contributed by atoms with E-state index in [1.54, 1.807) is 14.2 Å². The van der Waals surface area contributed by atoms with Crippen LogP contribution in [-0.4, -0.2) is 40.9 Å². The van der Waals surface area contributed by atoms with Crippen molar-refractivity contribution in [2.75, 3.05) is 14.2 Å². The number of carbonyl (C=O) groups excluding carboxylic acids is 2. The van der Waals surface area contributed by atoms with Gasteiger partial charge < -0.3 is 25.3 Å². The summed E-state index contributed by atoms with van der Waals surface area (Å²) >= 11 is 0. The molecule has 0 radical (unpaired) electrons. The van der Waals surface area contributed by atoms with Crippen molar-refractivity contribution in [2.24, 2.45) is 0 Å². The van der Waals surface area contributed by atoms with Crippen LogP contribution in [0, 0.1) is 0 Å². The summed E-state index contributed by atoms with van der Waals surface area (Å²) in [7, 11) is 3.27. The number of benzene rings is 3. The quantitative estimate of drug-likeness (QED) is 0.162. The highest BCUT2D eigenvalue weighted by Crippen LogP contribution is 2.27. The summed E-state index contributed by atoms with van der Waals surface area (Å²) in [4.78, 5) is 36.2. The molecule has 0 fully saturated rings. The third-order valence-corrected chi connectivity index (χ3v) is 7.04. The lowest BCUT2D eigenvalue weighted by Crippen LogP contribution is -2.29. The molecular formula is C31H33N5O3. The van der Waals surface area contributed by atoms with Gasteiger partial charge in [-0.2, -0.15) is 0 Å². The maximum Gasteiger partial charge on any atom is 0.268 e. The number of ether oxygens (including phenoxy) is 1. The first-order chi connectivity index (χ1) is 19.0. The molecule has 0 aliphatic carbocycles. The number of aromatic nitrogens is 3. The van der Waals surface area contributed by atoms with Gasteiger partial charge in [0.1, 0.15) is 17.3 Å². The Kier molecular flexibility index (Phi) is 7.91. The molecule has 2 aromatic heterocycles. The molecule has 5 rings (SSSR count). The zero-order valence-electron chi connectivity index (χ0n) is 22.2. The molecule has 2 heterocycles. The van der Waals surface area contributed by atoms with Crippen molar-refractivity contribution in [3.8, 4) is 17.0 Å². The summed E-state index contributed by atoms with van der Waals surface area (Å²) in [5, 5.41) is 9.07. The molecule has 4 N–H and O–H groups in total. The number of unbranched alkanes of at least 4 members (excludes halogenated alkanes) is 2. The molecule has 0 aliphatic rings. The summed E-state index contributed by atoms with van der Waals surface area (Å²) in [5.74, 6) is 1.28. The minimum atomic E-state index is -0.312. The molecule has 0 saturated carbocycles. The van der Waals surface area contributed by atoms with Gasteiger partial charge in [-0.15, -0.1) is 0 Å². The van der Waals surface area contributed by atoms with Crippen LogP contribution in [0.1, 0.15) is 54.5 Å². The Labute approximate surface area is 227 Å². The maximum absolute atomic E-state index is 13.3. The molecule has 3 aromatic carbocycles. The predicted molar refractivity (Wildman–Crippen MR) is 154 cm³/mol. The second-order valence-corrected chi connectivity index (χ2v) is 9.68. The number of aromatic amines is 2.